The van der Waals surface area contributed by atoms with Crippen molar-refractivity contribution in [1.29, 1.82) is 0 Å². The smallest absolute Gasteiger partial charge is 0.246 e. The van der Waals surface area contributed by atoms with Gasteiger partial charge in [-0.05, 0) is 32.0 Å². The molecule has 1 aliphatic heterocycles. The third kappa shape index (κ3) is 4.73. The highest BCUT2D eigenvalue weighted by Gasteiger charge is 2.20. The van der Waals surface area contributed by atoms with Gasteiger partial charge in [-0.1, -0.05) is 5.57 Å². The summed E-state index contributed by atoms with van der Waals surface area (Å²) in [6.45, 7) is 7.94. The maximum Gasteiger partial charge on any atom is 0.246 e. The largest absolute Gasteiger partial charge is 0.497 e. The maximum atomic E-state index is 12.1. The van der Waals surface area contributed by atoms with Gasteiger partial charge in [0.25, 0.3) is 0 Å². The normalized spacial score (nSPS) is 15.2. The fourth-order valence-electron chi connectivity index (χ4n) is 2.71. The molecule has 5 nitrogen and oxygen atoms in total. The monoisotopic (exact) mass is 318 g/mol. The van der Waals surface area contributed by atoms with E-state index in [0.717, 1.165) is 55.4 Å². The molecule has 1 saturated heterocycles. The number of allylic oxidation sites excluding steroid dienone is 1. The summed E-state index contributed by atoms with van der Waals surface area (Å²) in [7, 11) is 3.35. The van der Waals surface area contributed by atoms with Crippen molar-refractivity contribution < 1.29 is 14.3 Å². The minimum atomic E-state index is 0.114. The standard InChI is InChI=1S/C18H26N2O3/c1-14(2)11-18(21)20-9-7-19(8-10-20)13-15-12-16(22-3)5-6-17(15)23-4/h5-6,11-12H,7-10,13H2,1-4H3. The SMILES string of the molecule is COc1ccc(OC)c(CN2CCN(C(=O)C=C(C)C)CC2)c1. The number of nitrogens with zero attached hydrogens (tertiary/aromatic N) is 2. The van der Waals surface area contributed by atoms with Crippen LogP contribution in [0.2, 0.25) is 0 Å². The lowest BCUT2D eigenvalue weighted by Crippen LogP contribution is -2.47. The van der Waals surface area contributed by atoms with Gasteiger partial charge in [0, 0.05) is 44.4 Å². The van der Waals surface area contributed by atoms with Gasteiger partial charge in [0.2, 0.25) is 5.91 Å². The number of carbonyl (C=O) groups is 1. The molecule has 0 spiro atoms. The van der Waals surface area contributed by atoms with Gasteiger partial charge in [-0.15, -0.1) is 0 Å². The van der Waals surface area contributed by atoms with Gasteiger partial charge >= 0.3 is 0 Å². The molecule has 126 valence electrons. The van der Waals surface area contributed by atoms with Gasteiger partial charge in [0.15, 0.2) is 0 Å². The Morgan fingerprint density at radius 3 is 2.39 bits per heavy atom. The van der Waals surface area contributed by atoms with Crippen LogP contribution in [0.1, 0.15) is 19.4 Å². The predicted octanol–water partition coefficient (Wildman–Crippen LogP) is 2.31. The molecule has 0 aromatic heterocycles. The second-order valence-electron chi connectivity index (χ2n) is 6.00. The van der Waals surface area contributed by atoms with E-state index in [1.54, 1.807) is 20.3 Å². The van der Waals surface area contributed by atoms with Crippen molar-refractivity contribution >= 4 is 5.91 Å². The summed E-state index contributed by atoms with van der Waals surface area (Å²) in [6, 6.07) is 5.85. The molecule has 1 aromatic rings. The number of amides is 1. The summed E-state index contributed by atoms with van der Waals surface area (Å²) in [4.78, 5) is 16.3. The number of hydrogen-bond donors (Lipinski definition) is 0. The van der Waals surface area contributed by atoms with Crippen LogP contribution in [-0.4, -0.2) is 56.1 Å². The Morgan fingerprint density at radius 2 is 1.83 bits per heavy atom. The Morgan fingerprint density at radius 1 is 1.13 bits per heavy atom. The van der Waals surface area contributed by atoms with Crippen LogP contribution in [0.4, 0.5) is 0 Å². The summed E-state index contributed by atoms with van der Waals surface area (Å²) >= 11 is 0. The molecule has 1 fully saturated rings. The van der Waals surface area contributed by atoms with Crippen LogP contribution >= 0.6 is 0 Å². The fraction of sp³-hybridized carbons (Fsp3) is 0.500. The Balaban J connectivity index is 1.96. The van der Waals surface area contributed by atoms with E-state index in [9.17, 15) is 4.79 Å². The van der Waals surface area contributed by atoms with Crippen molar-refractivity contribution in [3.05, 3.63) is 35.4 Å². The average Bonchev–Trinajstić information content (AvgIpc) is 2.54. The summed E-state index contributed by atoms with van der Waals surface area (Å²) in [5, 5.41) is 0. The van der Waals surface area contributed by atoms with Crippen LogP contribution in [0.5, 0.6) is 11.5 Å². The molecular weight excluding hydrogens is 292 g/mol. The molecule has 0 atom stereocenters. The summed E-state index contributed by atoms with van der Waals surface area (Å²) < 4.78 is 10.7. The molecule has 1 aliphatic rings. The first-order chi connectivity index (χ1) is 11.0. The highest BCUT2D eigenvalue weighted by atomic mass is 16.5. The number of hydrogen-bond acceptors (Lipinski definition) is 4. The van der Waals surface area contributed by atoms with Crippen LogP contribution in [0.25, 0.3) is 0 Å². The zero-order valence-corrected chi connectivity index (χ0v) is 14.5. The van der Waals surface area contributed by atoms with Gasteiger partial charge in [0.05, 0.1) is 14.2 Å². The summed E-state index contributed by atoms with van der Waals surface area (Å²) in [5.74, 6) is 1.82. The third-order valence-corrected chi connectivity index (χ3v) is 3.98. The van der Waals surface area contributed by atoms with Crippen LogP contribution in [-0.2, 0) is 11.3 Å². The lowest BCUT2D eigenvalue weighted by molar-refractivity contribution is -0.127. The van der Waals surface area contributed by atoms with E-state index in [1.165, 1.54) is 0 Å². The second-order valence-corrected chi connectivity index (χ2v) is 6.00. The van der Waals surface area contributed by atoms with Gasteiger partial charge in [-0.3, -0.25) is 9.69 Å². The van der Waals surface area contributed by atoms with Crippen LogP contribution in [0, 0.1) is 0 Å². The van der Waals surface area contributed by atoms with E-state index in [0.29, 0.717) is 0 Å². The Bertz CT molecular complexity index is 572. The van der Waals surface area contributed by atoms with Gasteiger partial charge in [-0.2, -0.15) is 0 Å². The molecule has 1 amide bonds. The van der Waals surface area contributed by atoms with Gasteiger partial charge in [-0.25, -0.2) is 0 Å². The molecule has 0 bridgehead atoms. The first-order valence-corrected chi connectivity index (χ1v) is 7.90. The lowest BCUT2D eigenvalue weighted by Gasteiger charge is -2.34. The molecule has 0 N–H and O–H groups in total. The molecule has 1 heterocycles. The molecule has 5 heteroatoms. The molecule has 0 aliphatic carbocycles. The molecule has 1 aromatic carbocycles. The third-order valence-electron chi connectivity index (χ3n) is 3.98. The van der Waals surface area contributed by atoms with Crippen molar-refractivity contribution in [1.82, 2.24) is 9.80 Å². The van der Waals surface area contributed by atoms with Crippen LogP contribution in [0.3, 0.4) is 0 Å². The van der Waals surface area contributed by atoms with E-state index in [-0.39, 0.29) is 5.91 Å². The fourth-order valence-corrected chi connectivity index (χ4v) is 2.71. The van der Waals surface area contributed by atoms with Crippen molar-refractivity contribution in [2.75, 3.05) is 40.4 Å². The average molecular weight is 318 g/mol. The summed E-state index contributed by atoms with van der Waals surface area (Å²) in [6.07, 6.45) is 1.71. The van der Waals surface area contributed by atoms with E-state index in [4.69, 9.17) is 9.47 Å². The molecule has 0 saturated carbocycles. The Hall–Kier alpha value is -2.01. The van der Waals surface area contributed by atoms with Crippen molar-refractivity contribution in [2.24, 2.45) is 0 Å². The number of benzene rings is 1. The van der Waals surface area contributed by atoms with E-state index in [1.807, 2.05) is 36.9 Å². The number of methoxy groups -OCH3 is 2. The second kappa shape index (κ2) is 8.02. The molecular formula is C18H26N2O3. The van der Waals surface area contributed by atoms with Crippen molar-refractivity contribution in [2.45, 2.75) is 20.4 Å². The van der Waals surface area contributed by atoms with E-state index < -0.39 is 0 Å². The first kappa shape index (κ1) is 17.3. The molecule has 0 radical (unpaired) electrons. The lowest BCUT2D eigenvalue weighted by atomic mass is 10.1. The van der Waals surface area contributed by atoms with Crippen LogP contribution in [0.15, 0.2) is 29.8 Å². The molecule has 23 heavy (non-hydrogen) atoms. The zero-order chi connectivity index (χ0) is 16.8. The molecule has 2 rings (SSSR count). The minimum absolute atomic E-state index is 0.114. The Kier molecular flexibility index (Phi) is 6.04. The first-order valence-electron chi connectivity index (χ1n) is 7.90. The topological polar surface area (TPSA) is 42.0 Å². The number of carbonyl (C=O) groups excluding carboxylic acids is 1. The quantitative estimate of drug-likeness (QED) is 0.781. The minimum Gasteiger partial charge on any atom is -0.497 e. The summed E-state index contributed by atoms with van der Waals surface area (Å²) in [5.41, 5.74) is 2.15. The van der Waals surface area contributed by atoms with Crippen LogP contribution < -0.4 is 9.47 Å². The van der Waals surface area contributed by atoms with Gasteiger partial charge in [0.1, 0.15) is 11.5 Å². The highest BCUT2D eigenvalue weighted by molar-refractivity contribution is 5.88. The zero-order valence-electron chi connectivity index (χ0n) is 14.5. The van der Waals surface area contributed by atoms with E-state index >= 15 is 0 Å². The molecule has 0 unspecified atom stereocenters. The number of piperazine rings is 1. The van der Waals surface area contributed by atoms with Crippen molar-refractivity contribution in [3.8, 4) is 11.5 Å². The Labute approximate surface area is 138 Å². The number of rotatable bonds is 5. The highest BCUT2D eigenvalue weighted by Crippen LogP contribution is 2.25. The maximum absolute atomic E-state index is 12.1. The van der Waals surface area contributed by atoms with E-state index in [2.05, 4.69) is 4.90 Å². The van der Waals surface area contributed by atoms with Gasteiger partial charge < -0.3 is 14.4 Å². The van der Waals surface area contributed by atoms with Crippen molar-refractivity contribution in [3.63, 3.8) is 0 Å². The predicted molar refractivity (Wildman–Crippen MR) is 90.8 cm³/mol. The number of ether oxygens (including phenoxy) is 2.